The van der Waals surface area contributed by atoms with Gasteiger partial charge in [-0.25, -0.2) is 8.78 Å². The minimum atomic E-state index is -1.62. The van der Waals surface area contributed by atoms with E-state index in [0.29, 0.717) is 0 Å². The topological polar surface area (TPSA) is 66.8 Å². The smallest absolute Gasteiger partial charge is 0.308 e. The number of rotatable bonds is 5. The molecule has 0 aliphatic carbocycles. The summed E-state index contributed by atoms with van der Waals surface area (Å²) in [6, 6.07) is 1.59. The molecule has 4 nitrogen and oxygen atoms in total. The number of ether oxygens (including phenoxy) is 1. The molecule has 106 valence electrons. The summed E-state index contributed by atoms with van der Waals surface area (Å²) >= 11 is 5.29. The lowest BCUT2D eigenvalue weighted by molar-refractivity contribution is -0.147. The number of esters is 1. The second-order valence-electron chi connectivity index (χ2n) is 3.82. The van der Waals surface area contributed by atoms with Gasteiger partial charge in [-0.15, -0.1) is 0 Å². The number of aliphatic hydroxyl groups is 2. The highest BCUT2D eigenvalue weighted by atomic mass is 35.5. The van der Waals surface area contributed by atoms with Gasteiger partial charge >= 0.3 is 5.97 Å². The Kier molecular flexibility index (Phi) is 5.65. The summed E-state index contributed by atoms with van der Waals surface area (Å²) in [4.78, 5) is 11.1. The van der Waals surface area contributed by atoms with Crippen LogP contribution >= 0.6 is 11.6 Å². The Morgan fingerprint density at radius 3 is 2.37 bits per heavy atom. The van der Waals surface area contributed by atoms with Gasteiger partial charge in [0, 0.05) is 0 Å². The van der Waals surface area contributed by atoms with Crippen molar-refractivity contribution in [2.24, 2.45) is 0 Å². The lowest BCUT2D eigenvalue weighted by Gasteiger charge is -2.17. The molecule has 2 N–H and O–H groups in total. The molecular formula is C12H13ClF2O4. The average Bonchev–Trinajstić information content (AvgIpc) is 2.34. The maximum Gasteiger partial charge on any atom is 0.308 e. The Hall–Kier alpha value is -1.24. The number of carbonyl (C=O) groups is 1. The van der Waals surface area contributed by atoms with Crippen LogP contribution in [0.1, 0.15) is 25.0 Å². The Morgan fingerprint density at radius 2 is 1.89 bits per heavy atom. The standard InChI is InChI=1S/C12H13ClF2O4/c1-2-19-10(17)5-9(16)12(18)6-3-7(14)11(13)8(15)4-6/h3-4,9,12,16,18H,2,5H2,1H3. The van der Waals surface area contributed by atoms with Crippen LogP contribution in [0.4, 0.5) is 8.78 Å². The average molecular weight is 295 g/mol. The number of benzene rings is 1. The molecule has 19 heavy (non-hydrogen) atoms. The van der Waals surface area contributed by atoms with Gasteiger partial charge in [-0.1, -0.05) is 11.6 Å². The first-order valence-electron chi connectivity index (χ1n) is 5.53. The molecule has 0 saturated carbocycles. The van der Waals surface area contributed by atoms with Crippen LogP contribution in [0.2, 0.25) is 5.02 Å². The third-order valence-corrected chi connectivity index (χ3v) is 2.75. The van der Waals surface area contributed by atoms with E-state index in [1.807, 2.05) is 0 Å². The molecule has 0 heterocycles. The zero-order valence-corrected chi connectivity index (χ0v) is 10.8. The highest BCUT2D eigenvalue weighted by Gasteiger charge is 2.24. The molecular weight excluding hydrogens is 282 g/mol. The maximum absolute atomic E-state index is 13.2. The molecule has 0 fully saturated rings. The number of hydrogen-bond acceptors (Lipinski definition) is 4. The summed E-state index contributed by atoms with van der Waals surface area (Å²) in [6.07, 6.45) is -3.63. The van der Waals surface area contributed by atoms with E-state index >= 15 is 0 Å². The first kappa shape index (κ1) is 15.8. The van der Waals surface area contributed by atoms with Gasteiger partial charge in [0.25, 0.3) is 0 Å². The Labute approximate surface area is 113 Å². The molecule has 0 aliphatic rings. The zero-order chi connectivity index (χ0) is 14.6. The summed E-state index contributed by atoms with van der Waals surface area (Å²) < 4.78 is 31.0. The van der Waals surface area contributed by atoms with Gasteiger partial charge < -0.3 is 14.9 Å². The van der Waals surface area contributed by atoms with Gasteiger partial charge in [0.05, 0.1) is 19.1 Å². The van der Waals surface area contributed by atoms with Crippen molar-refractivity contribution >= 4 is 17.6 Å². The molecule has 0 bridgehead atoms. The fraction of sp³-hybridized carbons (Fsp3) is 0.417. The third kappa shape index (κ3) is 4.12. The van der Waals surface area contributed by atoms with Crippen LogP contribution in [0.15, 0.2) is 12.1 Å². The Balaban J connectivity index is 2.82. The summed E-state index contributed by atoms with van der Waals surface area (Å²) in [5.74, 6) is -2.83. The molecule has 0 spiro atoms. The predicted octanol–water partition coefficient (Wildman–Crippen LogP) is 1.97. The quantitative estimate of drug-likeness (QED) is 0.643. The summed E-state index contributed by atoms with van der Waals surface area (Å²) in [6.45, 7) is 1.72. The molecule has 7 heteroatoms. The third-order valence-electron chi connectivity index (χ3n) is 2.39. The Bertz CT molecular complexity index is 444. The fourth-order valence-electron chi connectivity index (χ4n) is 1.47. The lowest BCUT2D eigenvalue weighted by atomic mass is 10.0. The van der Waals surface area contributed by atoms with Gasteiger partial charge in [0.2, 0.25) is 0 Å². The van der Waals surface area contributed by atoms with Gasteiger partial charge in [0.1, 0.15) is 22.8 Å². The monoisotopic (exact) mass is 294 g/mol. The second-order valence-corrected chi connectivity index (χ2v) is 4.20. The van der Waals surface area contributed by atoms with Crippen LogP contribution in [0.25, 0.3) is 0 Å². The van der Waals surface area contributed by atoms with Crippen molar-refractivity contribution < 1.29 is 28.5 Å². The van der Waals surface area contributed by atoms with E-state index in [-0.39, 0.29) is 12.2 Å². The van der Waals surface area contributed by atoms with E-state index < -0.39 is 41.3 Å². The maximum atomic E-state index is 13.2. The van der Waals surface area contributed by atoms with E-state index in [1.54, 1.807) is 6.92 Å². The normalized spacial score (nSPS) is 14.0. The van der Waals surface area contributed by atoms with Gasteiger partial charge in [0.15, 0.2) is 0 Å². The molecule has 2 unspecified atom stereocenters. The summed E-state index contributed by atoms with van der Waals surface area (Å²) in [7, 11) is 0. The van der Waals surface area contributed by atoms with Crippen LogP contribution in [-0.2, 0) is 9.53 Å². The number of aliphatic hydroxyl groups excluding tert-OH is 2. The van der Waals surface area contributed by atoms with Crippen LogP contribution in [0.3, 0.4) is 0 Å². The van der Waals surface area contributed by atoms with E-state index in [1.165, 1.54) is 0 Å². The van der Waals surface area contributed by atoms with Crippen LogP contribution < -0.4 is 0 Å². The van der Waals surface area contributed by atoms with Crippen LogP contribution in [-0.4, -0.2) is 28.9 Å². The SMILES string of the molecule is CCOC(=O)CC(O)C(O)c1cc(F)c(Cl)c(F)c1. The highest BCUT2D eigenvalue weighted by molar-refractivity contribution is 6.30. The van der Waals surface area contributed by atoms with Crippen molar-refractivity contribution in [3.05, 3.63) is 34.4 Å². The van der Waals surface area contributed by atoms with E-state index in [0.717, 1.165) is 12.1 Å². The minimum absolute atomic E-state index is 0.131. The lowest BCUT2D eigenvalue weighted by Crippen LogP contribution is -2.23. The zero-order valence-electron chi connectivity index (χ0n) is 10.1. The van der Waals surface area contributed by atoms with Gasteiger partial charge in [-0.05, 0) is 24.6 Å². The highest BCUT2D eigenvalue weighted by Crippen LogP contribution is 2.26. The Morgan fingerprint density at radius 1 is 1.37 bits per heavy atom. The minimum Gasteiger partial charge on any atom is -0.466 e. The van der Waals surface area contributed by atoms with Crippen LogP contribution in [0.5, 0.6) is 0 Å². The molecule has 1 aromatic carbocycles. The molecule has 0 aliphatic heterocycles. The van der Waals surface area contributed by atoms with Crippen molar-refractivity contribution in [2.75, 3.05) is 6.61 Å². The largest absolute Gasteiger partial charge is 0.466 e. The first-order chi connectivity index (χ1) is 8.86. The number of halogens is 3. The number of carbonyl (C=O) groups excluding carboxylic acids is 1. The van der Waals surface area contributed by atoms with Gasteiger partial charge in [-0.3, -0.25) is 4.79 Å². The van der Waals surface area contributed by atoms with Crippen molar-refractivity contribution in [1.82, 2.24) is 0 Å². The van der Waals surface area contributed by atoms with Crippen molar-refractivity contribution in [1.29, 1.82) is 0 Å². The molecule has 1 rings (SSSR count). The van der Waals surface area contributed by atoms with Gasteiger partial charge in [-0.2, -0.15) is 0 Å². The molecule has 0 amide bonds. The molecule has 1 aromatic rings. The van der Waals surface area contributed by atoms with E-state index in [9.17, 15) is 23.8 Å². The summed E-state index contributed by atoms with van der Waals surface area (Å²) in [5, 5.41) is 18.6. The summed E-state index contributed by atoms with van der Waals surface area (Å²) in [5.41, 5.74) is -0.212. The van der Waals surface area contributed by atoms with E-state index in [2.05, 4.69) is 4.74 Å². The van der Waals surface area contributed by atoms with E-state index in [4.69, 9.17) is 11.6 Å². The first-order valence-corrected chi connectivity index (χ1v) is 5.90. The molecule has 2 atom stereocenters. The van der Waals surface area contributed by atoms with Crippen molar-refractivity contribution in [3.8, 4) is 0 Å². The van der Waals surface area contributed by atoms with Crippen molar-refractivity contribution in [3.63, 3.8) is 0 Å². The second kappa shape index (κ2) is 6.79. The number of hydrogen-bond donors (Lipinski definition) is 2. The fourth-order valence-corrected chi connectivity index (χ4v) is 1.58. The molecule has 0 saturated heterocycles. The van der Waals surface area contributed by atoms with Crippen molar-refractivity contribution in [2.45, 2.75) is 25.6 Å². The predicted molar refractivity (Wildman–Crippen MR) is 63.6 cm³/mol. The molecule has 0 radical (unpaired) electrons. The molecule has 0 aromatic heterocycles. The van der Waals surface area contributed by atoms with Crippen LogP contribution in [0, 0.1) is 11.6 Å².